The summed E-state index contributed by atoms with van der Waals surface area (Å²) in [6.07, 6.45) is 1.33. The number of hydrogen-bond donors (Lipinski definition) is 3. The highest BCUT2D eigenvalue weighted by Gasteiger charge is 2.15. The summed E-state index contributed by atoms with van der Waals surface area (Å²) < 4.78 is 11.1. The zero-order chi connectivity index (χ0) is 25.9. The summed E-state index contributed by atoms with van der Waals surface area (Å²) in [7, 11) is 0. The van der Waals surface area contributed by atoms with Gasteiger partial charge in [0, 0.05) is 11.3 Å². The van der Waals surface area contributed by atoms with Crippen molar-refractivity contribution in [1.82, 2.24) is 5.43 Å². The molecule has 3 rings (SSSR count). The second-order valence-corrected chi connectivity index (χ2v) is 7.72. The molecule has 36 heavy (non-hydrogen) atoms. The lowest BCUT2D eigenvalue weighted by Crippen LogP contribution is -2.32. The van der Waals surface area contributed by atoms with Gasteiger partial charge in [0.25, 0.3) is 5.91 Å². The monoisotopic (exact) mass is 488 g/mol. The van der Waals surface area contributed by atoms with Crippen LogP contribution in [-0.2, 0) is 14.4 Å². The number of benzene rings is 3. The van der Waals surface area contributed by atoms with Gasteiger partial charge in [0.1, 0.15) is 11.5 Å². The average molecular weight is 489 g/mol. The van der Waals surface area contributed by atoms with Crippen LogP contribution in [0.3, 0.4) is 0 Å². The number of hydrogen-bond acceptors (Lipinski definition) is 6. The fourth-order valence-corrected chi connectivity index (χ4v) is 3.29. The highest BCUT2D eigenvalue weighted by atomic mass is 16.5. The van der Waals surface area contributed by atoms with Crippen LogP contribution in [0.2, 0.25) is 0 Å². The Hall–Kier alpha value is -4.66. The molecule has 9 heteroatoms. The third-order valence-corrected chi connectivity index (χ3v) is 5.03. The highest BCUT2D eigenvalue weighted by molar-refractivity contribution is 6.39. The van der Waals surface area contributed by atoms with Crippen LogP contribution >= 0.6 is 0 Å². The van der Waals surface area contributed by atoms with E-state index in [1.54, 1.807) is 48.5 Å². The predicted octanol–water partition coefficient (Wildman–Crippen LogP) is 3.81. The first-order valence-corrected chi connectivity index (χ1v) is 11.3. The normalized spacial score (nSPS) is 10.5. The van der Waals surface area contributed by atoms with E-state index < -0.39 is 11.8 Å². The number of ether oxygens (including phenoxy) is 2. The van der Waals surface area contributed by atoms with Crippen LogP contribution in [0.4, 0.5) is 11.4 Å². The number of carbonyl (C=O) groups excluding carboxylic acids is 3. The second kappa shape index (κ2) is 12.7. The average Bonchev–Trinajstić information content (AvgIpc) is 2.87. The molecule has 3 amide bonds. The van der Waals surface area contributed by atoms with E-state index in [2.05, 4.69) is 21.2 Å². The van der Waals surface area contributed by atoms with Gasteiger partial charge in [-0.25, -0.2) is 5.43 Å². The third kappa shape index (κ3) is 7.17. The lowest BCUT2D eigenvalue weighted by Gasteiger charge is -2.13. The number of amides is 3. The number of carbonyl (C=O) groups is 3. The molecule has 0 aliphatic heterocycles. The van der Waals surface area contributed by atoms with E-state index in [9.17, 15) is 14.4 Å². The van der Waals surface area contributed by atoms with E-state index in [4.69, 9.17) is 9.47 Å². The van der Waals surface area contributed by atoms with Crippen molar-refractivity contribution in [2.45, 2.75) is 20.8 Å². The van der Waals surface area contributed by atoms with Crippen molar-refractivity contribution in [3.05, 3.63) is 83.4 Å². The summed E-state index contributed by atoms with van der Waals surface area (Å²) in [5.41, 5.74) is 5.74. The van der Waals surface area contributed by atoms with E-state index in [0.29, 0.717) is 29.4 Å². The number of hydrazone groups is 1. The molecular weight excluding hydrogens is 460 g/mol. The third-order valence-electron chi connectivity index (χ3n) is 5.03. The van der Waals surface area contributed by atoms with Crippen LogP contribution in [0.1, 0.15) is 23.6 Å². The molecule has 0 bridgehead atoms. The molecule has 0 saturated heterocycles. The van der Waals surface area contributed by atoms with E-state index in [-0.39, 0.29) is 12.5 Å². The quantitative estimate of drug-likeness (QED) is 0.241. The van der Waals surface area contributed by atoms with Crippen LogP contribution in [0.5, 0.6) is 11.5 Å². The summed E-state index contributed by atoms with van der Waals surface area (Å²) in [6.45, 7) is 5.85. The van der Waals surface area contributed by atoms with Crippen LogP contribution in [0, 0.1) is 13.8 Å². The zero-order valence-corrected chi connectivity index (χ0v) is 20.3. The molecular formula is C27H28N4O5. The molecule has 3 aromatic carbocycles. The molecule has 0 aliphatic carbocycles. The maximum Gasteiger partial charge on any atom is 0.329 e. The topological polar surface area (TPSA) is 118 Å². The first kappa shape index (κ1) is 26.0. The highest BCUT2D eigenvalue weighted by Crippen LogP contribution is 2.23. The van der Waals surface area contributed by atoms with Crippen molar-refractivity contribution in [1.29, 1.82) is 0 Å². The molecule has 186 valence electrons. The first-order valence-electron chi connectivity index (χ1n) is 11.3. The molecule has 0 radical (unpaired) electrons. The minimum Gasteiger partial charge on any atom is -0.492 e. The lowest BCUT2D eigenvalue weighted by molar-refractivity contribution is -0.136. The van der Waals surface area contributed by atoms with Gasteiger partial charge < -0.3 is 20.1 Å². The number of nitrogens with zero attached hydrogens (tertiary/aromatic N) is 1. The minimum atomic E-state index is -0.955. The van der Waals surface area contributed by atoms with Crippen LogP contribution < -0.4 is 25.5 Å². The zero-order valence-electron chi connectivity index (χ0n) is 20.3. The number of aryl methyl sites for hydroxylation is 2. The summed E-state index contributed by atoms with van der Waals surface area (Å²) in [5.74, 6) is -1.31. The lowest BCUT2D eigenvalue weighted by atomic mass is 10.1. The van der Waals surface area contributed by atoms with Crippen LogP contribution in [-0.4, -0.2) is 37.1 Å². The molecule has 0 atom stereocenters. The summed E-state index contributed by atoms with van der Waals surface area (Å²) in [6, 6.07) is 19.4. The van der Waals surface area contributed by atoms with Crippen molar-refractivity contribution in [2.75, 3.05) is 23.8 Å². The van der Waals surface area contributed by atoms with Crippen molar-refractivity contribution in [3.63, 3.8) is 0 Å². The maximum absolute atomic E-state index is 12.4. The molecule has 0 unspecified atom stereocenters. The van der Waals surface area contributed by atoms with Gasteiger partial charge in [0.05, 0.1) is 18.5 Å². The fraction of sp³-hybridized carbons (Fsp3) is 0.185. The van der Waals surface area contributed by atoms with Gasteiger partial charge in [-0.05, 0) is 56.2 Å². The molecule has 0 aromatic heterocycles. The van der Waals surface area contributed by atoms with E-state index >= 15 is 0 Å². The van der Waals surface area contributed by atoms with Crippen LogP contribution in [0.15, 0.2) is 71.8 Å². The molecule has 0 saturated carbocycles. The molecule has 0 heterocycles. The Morgan fingerprint density at radius 2 is 1.47 bits per heavy atom. The van der Waals surface area contributed by atoms with Gasteiger partial charge >= 0.3 is 11.8 Å². The SMILES string of the molecule is CCOc1ccccc1NC(=O)C(=O)N/N=C\c1ccccc1OCC(=O)Nc1c(C)cccc1C. The molecule has 3 aromatic rings. The van der Waals surface area contributed by atoms with Gasteiger partial charge in [-0.3, -0.25) is 14.4 Å². The van der Waals surface area contributed by atoms with Crippen molar-refractivity contribution in [2.24, 2.45) is 5.10 Å². The predicted molar refractivity (Wildman–Crippen MR) is 138 cm³/mol. The van der Waals surface area contributed by atoms with Gasteiger partial charge in [-0.15, -0.1) is 0 Å². The number of anilines is 2. The number of rotatable bonds is 9. The maximum atomic E-state index is 12.4. The van der Waals surface area contributed by atoms with Gasteiger partial charge in [0.2, 0.25) is 0 Å². The largest absolute Gasteiger partial charge is 0.492 e. The fourth-order valence-electron chi connectivity index (χ4n) is 3.29. The van der Waals surface area contributed by atoms with Crippen molar-refractivity contribution in [3.8, 4) is 11.5 Å². The van der Waals surface area contributed by atoms with E-state index in [1.807, 2.05) is 39.0 Å². The summed E-state index contributed by atoms with van der Waals surface area (Å²) >= 11 is 0. The summed E-state index contributed by atoms with van der Waals surface area (Å²) in [4.78, 5) is 36.8. The number of nitrogens with one attached hydrogen (secondary N) is 3. The van der Waals surface area contributed by atoms with Crippen molar-refractivity contribution < 1.29 is 23.9 Å². The standard InChI is InChI=1S/C27H28N4O5/c1-4-35-23-15-8-6-13-21(23)29-26(33)27(34)31-28-16-20-12-5-7-14-22(20)36-17-24(32)30-25-18(2)10-9-11-19(25)3/h5-16H,4,17H2,1-3H3,(H,29,33)(H,30,32)(H,31,34)/b28-16-. The second-order valence-electron chi connectivity index (χ2n) is 7.72. The molecule has 0 fully saturated rings. The van der Waals surface area contributed by atoms with Gasteiger partial charge in [-0.1, -0.05) is 42.5 Å². The minimum absolute atomic E-state index is 0.216. The smallest absolute Gasteiger partial charge is 0.329 e. The molecule has 0 spiro atoms. The van der Waals surface area contributed by atoms with Crippen molar-refractivity contribution >= 4 is 35.3 Å². The van der Waals surface area contributed by atoms with Gasteiger partial charge in [0.15, 0.2) is 6.61 Å². The first-order chi connectivity index (χ1) is 17.4. The van der Waals surface area contributed by atoms with E-state index in [0.717, 1.165) is 16.8 Å². The summed E-state index contributed by atoms with van der Waals surface area (Å²) in [5, 5.41) is 9.20. The Morgan fingerprint density at radius 1 is 0.806 bits per heavy atom. The molecule has 3 N–H and O–H groups in total. The Balaban J connectivity index is 1.56. The Labute approximate surface area is 209 Å². The Morgan fingerprint density at radius 3 is 2.19 bits per heavy atom. The molecule has 9 nitrogen and oxygen atoms in total. The van der Waals surface area contributed by atoms with E-state index in [1.165, 1.54) is 6.21 Å². The Bertz CT molecular complexity index is 1250. The number of para-hydroxylation sites is 4. The van der Waals surface area contributed by atoms with Gasteiger partial charge in [-0.2, -0.15) is 5.10 Å². The Kier molecular flexibility index (Phi) is 9.16. The van der Waals surface area contributed by atoms with Crippen LogP contribution in [0.25, 0.3) is 0 Å². The molecule has 0 aliphatic rings.